The van der Waals surface area contributed by atoms with Crippen LogP contribution in [0.3, 0.4) is 0 Å². The van der Waals surface area contributed by atoms with Crippen molar-refractivity contribution in [2.24, 2.45) is 0 Å². The van der Waals surface area contributed by atoms with E-state index in [1.165, 1.54) is 14.2 Å². The summed E-state index contributed by atoms with van der Waals surface area (Å²) in [6.07, 6.45) is 0. The van der Waals surface area contributed by atoms with Gasteiger partial charge in [-0.05, 0) is 26.0 Å². The number of methoxy groups -OCH3 is 2. The predicted octanol–water partition coefficient (Wildman–Crippen LogP) is 3.71. The van der Waals surface area contributed by atoms with Gasteiger partial charge >= 0.3 is 11.9 Å². The zero-order valence-corrected chi connectivity index (χ0v) is 16.3. The third-order valence-electron chi connectivity index (χ3n) is 4.45. The molecule has 28 heavy (non-hydrogen) atoms. The highest BCUT2D eigenvalue weighted by Crippen LogP contribution is 2.43. The standard InChI is InChI=1S/C22H22O6/c1-13-5-7-15-17(9-13)22(28-12-20(24)26-4)18-10-14(2)6-8-16(18)21(15)27-11-19(23)25-3/h5-10H,11-12H2,1-4H3. The highest BCUT2D eigenvalue weighted by Gasteiger charge is 2.18. The minimum Gasteiger partial charge on any atom is -0.481 e. The van der Waals surface area contributed by atoms with Crippen LogP contribution in [-0.2, 0) is 19.1 Å². The van der Waals surface area contributed by atoms with Crippen molar-refractivity contribution in [3.63, 3.8) is 0 Å². The lowest BCUT2D eigenvalue weighted by Crippen LogP contribution is -2.14. The molecular formula is C22H22O6. The normalized spacial score (nSPS) is 10.7. The Balaban J connectivity index is 2.27. The largest absolute Gasteiger partial charge is 0.481 e. The molecule has 3 rings (SSSR count). The van der Waals surface area contributed by atoms with Crippen molar-refractivity contribution in [3.05, 3.63) is 47.5 Å². The van der Waals surface area contributed by atoms with Gasteiger partial charge in [0.05, 0.1) is 14.2 Å². The molecule has 0 aliphatic carbocycles. The molecule has 0 unspecified atom stereocenters. The summed E-state index contributed by atoms with van der Waals surface area (Å²) in [4.78, 5) is 23.3. The molecule has 0 heterocycles. The van der Waals surface area contributed by atoms with Crippen LogP contribution in [0.1, 0.15) is 11.1 Å². The third-order valence-corrected chi connectivity index (χ3v) is 4.45. The highest BCUT2D eigenvalue weighted by atomic mass is 16.6. The first-order valence-electron chi connectivity index (χ1n) is 8.80. The fourth-order valence-corrected chi connectivity index (χ4v) is 3.07. The average Bonchev–Trinajstić information content (AvgIpc) is 2.69. The maximum Gasteiger partial charge on any atom is 0.343 e. The Hall–Kier alpha value is -3.28. The molecule has 0 saturated heterocycles. The summed E-state index contributed by atoms with van der Waals surface area (Å²) in [5, 5.41) is 3.15. The summed E-state index contributed by atoms with van der Waals surface area (Å²) >= 11 is 0. The van der Waals surface area contributed by atoms with Gasteiger partial charge in [-0.25, -0.2) is 9.59 Å². The number of benzene rings is 3. The van der Waals surface area contributed by atoms with Crippen LogP contribution in [0.15, 0.2) is 36.4 Å². The van der Waals surface area contributed by atoms with Crippen LogP contribution in [0.5, 0.6) is 11.5 Å². The maximum atomic E-state index is 11.6. The van der Waals surface area contributed by atoms with Crippen molar-refractivity contribution in [2.45, 2.75) is 13.8 Å². The second-order valence-corrected chi connectivity index (χ2v) is 6.49. The molecule has 0 aliphatic heterocycles. The Kier molecular flexibility index (Phi) is 5.68. The first-order valence-corrected chi connectivity index (χ1v) is 8.80. The van der Waals surface area contributed by atoms with E-state index >= 15 is 0 Å². The van der Waals surface area contributed by atoms with E-state index < -0.39 is 11.9 Å². The maximum absolute atomic E-state index is 11.6. The van der Waals surface area contributed by atoms with Crippen LogP contribution in [0.4, 0.5) is 0 Å². The number of carbonyl (C=O) groups excluding carboxylic acids is 2. The minimum atomic E-state index is -0.466. The number of carbonyl (C=O) groups is 2. The zero-order chi connectivity index (χ0) is 20.3. The number of fused-ring (bicyclic) bond motifs is 2. The van der Waals surface area contributed by atoms with Gasteiger partial charge in [0.1, 0.15) is 11.5 Å². The van der Waals surface area contributed by atoms with E-state index in [1.54, 1.807) is 0 Å². The van der Waals surface area contributed by atoms with Crippen LogP contribution < -0.4 is 9.47 Å². The van der Waals surface area contributed by atoms with Crippen LogP contribution in [-0.4, -0.2) is 39.4 Å². The number of hydrogen-bond acceptors (Lipinski definition) is 6. The molecule has 6 heteroatoms. The smallest absolute Gasteiger partial charge is 0.343 e. The fourth-order valence-electron chi connectivity index (χ4n) is 3.07. The minimum absolute atomic E-state index is 0.203. The molecule has 0 aliphatic rings. The van der Waals surface area contributed by atoms with Crippen molar-refractivity contribution in [1.29, 1.82) is 0 Å². The lowest BCUT2D eigenvalue weighted by molar-refractivity contribution is -0.143. The first-order chi connectivity index (χ1) is 13.4. The van der Waals surface area contributed by atoms with Crippen molar-refractivity contribution in [3.8, 4) is 11.5 Å². The van der Waals surface area contributed by atoms with Gasteiger partial charge in [0.2, 0.25) is 0 Å². The fraction of sp³-hybridized carbons (Fsp3) is 0.273. The Morgan fingerprint density at radius 1 is 0.679 bits per heavy atom. The molecule has 146 valence electrons. The Morgan fingerprint density at radius 3 is 1.46 bits per heavy atom. The van der Waals surface area contributed by atoms with Gasteiger partial charge in [-0.15, -0.1) is 0 Å². The summed E-state index contributed by atoms with van der Waals surface area (Å²) < 4.78 is 21.1. The van der Waals surface area contributed by atoms with E-state index in [9.17, 15) is 9.59 Å². The molecule has 0 fully saturated rings. The zero-order valence-electron chi connectivity index (χ0n) is 16.3. The number of aryl methyl sites for hydroxylation is 2. The van der Waals surface area contributed by atoms with Crippen molar-refractivity contribution in [1.82, 2.24) is 0 Å². The van der Waals surface area contributed by atoms with Gasteiger partial charge in [-0.2, -0.15) is 0 Å². The Bertz CT molecular complexity index is 991. The molecule has 0 spiro atoms. The molecule has 0 bridgehead atoms. The summed E-state index contributed by atoms with van der Waals surface area (Å²) in [5.41, 5.74) is 2.06. The van der Waals surface area contributed by atoms with E-state index in [4.69, 9.17) is 18.9 Å². The van der Waals surface area contributed by atoms with Crippen LogP contribution in [0, 0.1) is 13.8 Å². The molecular weight excluding hydrogens is 360 g/mol. The Morgan fingerprint density at radius 2 is 1.07 bits per heavy atom. The van der Waals surface area contributed by atoms with Gasteiger partial charge < -0.3 is 18.9 Å². The van der Waals surface area contributed by atoms with Crippen molar-refractivity contribution < 1.29 is 28.5 Å². The van der Waals surface area contributed by atoms with E-state index in [-0.39, 0.29) is 13.2 Å². The van der Waals surface area contributed by atoms with Gasteiger partial charge in [0.15, 0.2) is 13.2 Å². The Labute approximate surface area is 162 Å². The summed E-state index contributed by atoms with van der Waals surface area (Å²) in [6.45, 7) is 3.54. The number of rotatable bonds is 6. The molecule has 0 saturated carbocycles. The van der Waals surface area contributed by atoms with Crippen LogP contribution in [0.25, 0.3) is 21.5 Å². The number of ether oxygens (including phenoxy) is 4. The van der Waals surface area contributed by atoms with Crippen LogP contribution in [0.2, 0.25) is 0 Å². The predicted molar refractivity (Wildman–Crippen MR) is 106 cm³/mol. The number of esters is 2. The number of hydrogen-bond donors (Lipinski definition) is 0. The molecule has 0 aromatic heterocycles. The molecule has 3 aromatic carbocycles. The van der Waals surface area contributed by atoms with E-state index in [2.05, 4.69) is 0 Å². The molecule has 3 aromatic rings. The third kappa shape index (κ3) is 3.86. The van der Waals surface area contributed by atoms with Gasteiger partial charge in [0.25, 0.3) is 0 Å². The van der Waals surface area contributed by atoms with E-state index in [0.29, 0.717) is 11.5 Å². The van der Waals surface area contributed by atoms with Crippen LogP contribution >= 0.6 is 0 Å². The first kappa shape index (κ1) is 19.5. The monoisotopic (exact) mass is 382 g/mol. The SMILES string of the molecule is COC(=O)COc1c2ccc(C)cc2c(OCC(=O)OC)c2cc(C)ccc12. The summed E-state index contributed by atoms with van der Waals surface area (Å²) in [5.74, 6) is 0.216. The topological polar surface area (TPSA) is 71.1 Å². The van der Waals surface area contributed by atoms with Crippen molar-refractivity contribution in [2.75, 3.05) is 27.4 Å². The molecule has 6 nitrogen and oxygen atoms in total. The average molecular weight is 382 g/mol. The lowest BCUT2D eigenvalue weighted by Gasteiger charge is -2.18. The van der Waals surface area contributed by atoms with Gasteiger partial charge in [-0.3, -0.25) is 0 Å². The molecule has 0 radical (unpaired) electrons. The highest BCUT2D eigenvalue weighted by molar-refractivity contribution is 6.11. The second kappa shape index (κ2) is 8.17. The molecule has 0 N–H and O–H groups in total. The van der Waals surface area contributed by atoms with E-state index in [0.717, 1.165) is 32.7 Å². The van der Waals surface area contributed by atoms with Gasteiger partial charge in [-0.1, -0.05) is 35.4 Å². The molecule has 0 amide bonds. The van der Waals surface area contributed by atoms with Gasteiger partial charge in [0, 0.05) is 21.5 Å². The lowest BCUT2D eigenvalue weighted by atomic mass is 9.98. The molecule has 0 atom stereocenters. The summed E-state index contributed by atoms with van der Waals surface area (Å²) in [7, 11) is 2.64. The second-order valence-electron chi connectivity index (χ2n) is 6.49. The summed E-state index contributed by atoms with van der Waals surface area (Å²) in [6, 6.07) is 11.7. The van der Waals surface area contributed by atoms with E-state index in [1.807, 2.05) is 50.2 Å². The quantitative estimate of drug-likeness (QED) is 0.478. The van der Waals surface area contributed by atoms with Crippen molar-refractivity contribution >= 4 is 33.5 Å².